The standard InChI is InChI=1S/C13H18N4O/c1-9-6-12(14)16-17(9)8-10-4-5-11(15-7-10)13(2,3)18/h4-7,18H,8H2,1-3H3,(H2,14,16). The molecule has 5 heteroatoms. The number of hydrogen-bond donors (Lipinski definition) is 2. The van der Waals surface area contributed by atoms with E-state index in [1.165, 1.54) is 0 Å². The molecule has 0 atom stereocenters. The van der Waals surface area contributed by atoms with Crippen molar-refractivity contribution in [3.63, 3.8) is 0 Å². The molecule has 0 saturated heterocycles. The number of anilines is 1. The predicted molar refractivity (Wildman–Crippen MR) is 70.0 cm³/mol. The van der Waals surface area contributed by atoms with Gasteiger partial charge in [0.15, 0.2) is 0 Å². The highest BCUT2D eigenvalue weighted by molar-refractivity contribution is 5.29. The Morgan fingerprint density at radius 1 is 1.39 bits per heavy atom. The van der Waals surface area contributed by atoms with E-state index < -0.39 is 5.60 Å². The van der Waals surface area contributed by atoms with E-state index in [1.54, 1.807) is 20.0 Å². The van der Waals surface area contributed by atoms with Crippen molar-refractivity contribution in [2.24, 2.45) is 0 Å². The van der Waals surface area contributed by atoms with E-state index in [0.717, 1.165) is 11.3 Å². The van der Waals surface area contributed by atoms with Crippen LogP contribution in [0.4, 0.5) is 5.82 Å². The Hall–Kier alpha value is -1.88. The first-order chi connectivity index (χ1) is 8.36. The van der Waals surface area contributed by atoms with Gasteiger partial charge in [0.25, 0.3) is 0 Å². The van der Waals surface area contributed by atoms with Gasteiger partial charge in [-0.15, -0.1) is 0 Å². The third-order valence-corrected chi connectivity index (χ3v) is 2.78. The number of hydrogen-bond acceptors (Lipinski definition) is 4. The number of nitrogens with zero attached hydrogens (tertiary/aromatic N) is 3. The number of nitrogens with two attached hydrogens (primary N) is 1. The Kier molecular flexibility index (Phi) is 3.09. The van der Waals surface area contributed by atoms with Gasteiger partial charge in [-0.3, -0.25) is 9.67 Å². The van der Waals surface area contributed by atoms with Crippen LogP contribution >= 0.6 is 0 Å². The summed E-state index contributed by atoms with van der Waals surface area (Å²) >= 11 is 0. The van der Waals surface area contributed by atoms with Gasteiger partial charge in [0.1, 0.15) is 11.4 Å². The maximum Gasteiger partial charge on any atom is 0.145 e. The lowest BCUT2D eigenvalue weighted by Gasteiger charge is -2.16. The molecule has 5 nitrogen and oxygen atoms in total. The van der Waals surface area contributed by atoms with Crippen LogP contribution in [-0.2, 0) is 12.1 Å². The Morgan fingerprint density at radius 2 is 2.11 bits per heavy atom. The Labute approximate surface area is 106 Å². The summed E-state index contributed by atoms with van der Waals surface area (Å²) in [5.74, 6) is 0.522. The van der Waals surface area contributed by atoms with Crippen LogP contribution in [0.2, 0.25) is 0 Å². The maximum absolute atomic E-state index is 9.82. The van der Waals surface area contributed by atoms with E-state index >= 15 is 0 Å². The number of aryl methyl sites for hydroxylation is 1. The van der Waals surface area contributed by atoms with E-state index in [-0.39, 0.29) is 0 Å². The average molecular weight is 246 g/mol. The Bertz CT molecular complexity index is 537. The van der Waals surface area contributed by atoms with Crippen LogP contribution in [0.25, 0.3) is 0 Å². The smallest absolute Gasteiger partial charge is 0.145 e. The molecule has 0 fully saturated rings. The zero-order chi connectivity index (χ0) is 13.3. The van der Waals surface area contributed by atoms with E-state index in [1.807, 2.05) is 29.8 Å². The predicted octanol–water partition coefficient (Wildman–Crippen LogP) is 1.44. The Morgan fingerprint density at radius 3 is 2.56 bits per heavy atom. The molecule has 0 aliphatic heterocycles. The van der Waals surface area contributed by atoms with E-state index in [4.69, 9.17) is 5.73 Å². The summed E-state index contributed by atoms with van der Waals surface area (Å²) in [6.45, 7) is 6.02. The van der Waals surface area contributed by atoms with Crippen LogP contribution in [0.1, 0.15) is 30.8 Å². The monoisotopic (exact) mass is 246 g/mol. The van der Waals surface area contributed by atoms with Crippen LogP contribution in [0.3, 0.4) is 0 Å². The first-order valence-electron chi connectivity index (χ1n) is 5.84. The summed E-state index contributed by atoms with van der Waals surface area (Å²) in [5, 5.41) is 14.0. The van der Waals surface area contributed by atoms with Gasteiger partial charge in [-0.05, 0) is 32.4 Å². The summed E-state index contributed by atoms with van der Waals surface area (Å²) in [6.07, 6.45) is 1.75. The maximum atomic E-state index is 9.82. The summed E-state index contributed by atoms with van der Waals surface area (Å²) in [4.78, 5) is 4.26. The van der Waals surface area contributed by atoms with Crippen molar-refractivity contribution < 1.29 is 5.11 Å². The molecule has 2 aromatic rings. The SMILES string of the molecule is Cc1cc(N)nn1Cc1ccc(C(C)(C)O)nc1. The van der Waals surface area contributed by atoms with Gasteiger partial charge in [0.05, 0.1) is 12.2 Å². The molecule has 2 rings (SSSR count). The molecule has 3 N–H and O–H groups in total. The van der Waals surface area contributed by atoms with Gasteiger partial charge in [0, 0.05) is 18.0 Å². The molecule has 18 heavy (non-hydrogen) atoms. The van der Waals surface area contributed by atoms with Gasteiger partial charge in [-0.25, -0.2) is 0 Å². The minimum Gasteiger partial charge on any atom is -0.384 e. The minimum atomic E-state index is -0.912. The topological polar surface area (TPSA) is 77.0 Å². The molecule has 0 radical (unpaired) electrons. The van der Waals surface area contributed by atoms with Crippen LogP contribution < -0.4 is 5.73 Å². The zero-order valence-corrected chi connectivity index (χ0v) is 10.9. The van der Waals surface area contributed by atoms with Crippen molar-refractivity contribution in [1.29, 1.82) is 0 Å². The quantitative estimate of drug-likeness (QED) is 0.859. The number of aromatic nitrogens is 3. The molecule has 0 amide bonds. The highest BCUT2D eigenvalue weighted by atomic mass is 16.3. The number of nitrogen functional groups attached to an aromatic ring is 1. The lowest BCUT2D eigenvalue weighted by atomic mass is 10.0. The third-order valence-electron chi connectivity index (χ3n) is 2.78. The van der Waals surface area contributed by atoms with Crippen LogP contribution in [-0.4, -0.2) is 19.9 Å². The fourth-order valence-corrected chi connectivity index (χ4v) is 1.75. The second-order valence-corrected chi connectivity index (χ2v) is 4.98. The van der Waals surface area contributed by atoms with E-state index in [9.17, 15) is 5.11 Å². The second-order valence-electron chi connectivity index (χ2n) is 4.98. The van der Waals surface area contributed by atoms with Crippen molar-refractivity contribution >= 4 is 5.82 Å². The highest BCUT2D eigenvalue weighted by Crippen LogP contribution is 2.17. The lowest BCUT2D eigenvalue weighted by molar-refractivity contribution is 0.0738. The molecule has 0 unspecified atom stereocenters. The van der Waals surface area contributed by atoms with Crippen molar-refractivity contribution in [1.82, 2.24) is 14.8 Å². The van der Waals surface area contributed by atoms with E-state index in [2.05, 4.69) is 10.1 Å². The number of rotatable bonds is 3. The molecular formula is C13H18N4O. The average Bonchev–Trinajstić information content (AvgIpc) is 2.57. The summed E-state index contributed by atoms with van der Waals surface area (Å²) in [6, 6.07) is 5.60. The first-order valence-corrected chi connectivity index (χ1v) is 5.84. The van der Waals surface area contributed by atoms with Gasteiger partial charge in [-0.1, -0.05) is 6.07 Å². The fourth-order valence-electron chi connectivity index (χ4n) is 1.75. The fraction of sp³-hybridized carbons (Fsp3) is 0.385. The summed E-state index contributed by atoms with van der Waals surface area (Å²) in [7, 11) is 0. The molecule has 96 valence electrons. The van der Waals surface area contributed by atoms with E-state index in [0.29, 0.717) is 18.1 Å². The summed E-state index contributed by atoms with van der Waals surface area (Å²) < 4.78 is 1.83. The van der Waals surface area contributed by atoms with Crippen molar-refractivity contribution in [2.75, 3.05) is 5.73 Å². The third kappa shape index (κ3) is 2.68. The van der Waals surface area contributed by atoms with Crippen LogP contribution in [0.5, 0.6) is 0 Å². The molecule has 0 aromatic carbocycles. The molecule has 0 aliphatic rings. The molecule has 0 spiro atoms. The minimum absolute atomic E-state index is 0.522. The lowest BCUT2D eigenvalue weighted by Crippen LogP contribution is -2.17. The van der Waals surface area contributed by atoms with Crippen molar-refractivity contribution in [3.8, 4) is 0 Å². The zero-order valence-electron chi connectivity index (χ0n) is 10.9. The molecule has 0 aliphatic carbocycles. The number of pyridine rings is 1. The van der Waals surface area contributed by atoms with Gasteiger partial charge < -0.3 is 10.8 Å². The molecular weight excluding hydrogens is 228 g/mol. The van der Waals surface area contributed by atoms with Crippen LogP contribution in [0, 0.1) is 6.92 Å². The second kappa shape index (κ2) is 4.42. The van der Waals surface area contributed by atoms with Gasteiger partial charge >= 0.3 is 0 Å². The highest BCUT2D eigenvalue weighted by Gasteiger charge is 2.17. The van der Waals surface area contributed by atoms with Crippen LogP contribution in [0.15, 0.2) is 24.4 Å². The first kappa shape index (κ1) is 12.6. The molecule has 2 aromatic heterocycles. The van der Waals surface area contributed by atoms with Crippen molar-refractivity contribution in [2.45, 2.75) is 32.9 Å². The summed E-state index contributed by atoms with van der Waals surface area (Å²) in [5.41, 5.74) is 7.41. The number of aliphatic hydroxyl groups is 1. The van der Waals surface area contributed by atoms with Gasteiger partial charge in [0.2, 0.25) is 0 Å². The molecule has 0 bridgehead atoms. The largest absolute Gasteiger partial charge is 0.384 e. The van der Waals surface area contributed by atoms with Gasteiger partial charge in [-0.2, -0.15) is 5.10 Å². The normalized spacial score (nSPS) is 11.8. The Balaban J connectivity index is 2.18. The molecule has 0 saturated carbocycles. The molecule has 2 heterocycles. The van der Waals surface area contributed by atoms with Crippen molar-refractivity contribution in [3.05, 3.63) is 41.3 Å².